The molecular weight excluding hydrogens is 368 g/mol. The number of nitrogens with one attached hydrogen (secondary N) is 1. The SMILES string of the molecule is Cc1ccc(OCC2(O)CCCN(CC(=O)Nc3ccnn3C(C)C)C2)cc1C. The van der Waals surface area contributed by atoms with Gasteiger partial charge in [-0.25, -0.2) is 4.68 Å². The molecule has 0 saturated carbocycles. The van der Waals surface area contributed by atoms with Crippen molar-refractivity contribution >= 4 is 11.7 Å². The third kappa shape index (κ3) is 5.58. The second-order valence-electron chi connectivity index (χ2n) is 8.38. The number of amides is 1. The first-order chi connectivity index (χ1) is 13.8. The lowest BCUT2D eigenvalue weighted by Gasteiger charge is -2.38. The lowest BCUT2D eigenvalue weighted by Crippen LogP contribution is -2.53. The van der Waals surface area contributed by atoms with Crippen LogP contribution in [0.3, 0.4) is 0 Å². The number of carbonyl (C=O) groups excluding carboxylic acids is 1. The quantitative estimate of drug-likeness (QED) is 0.747. The number of β-amino-alcohol motifs (C(OH)–C–C–N with tert-alkyl or cyclic N) is 1. The van der Waals surface area contributed by atoms with Crippen LogP contribution in [0.5, 0.6) is 5.75 Å². The number of ether oxygens (including phenoxy) is 1. The van der Waals surface area contributed by atoms with Crippen molar-refractivity contribution < 1.29 is 14.6 Å². The van der Waals surface area contributed by atoms with E-state index < -0.39 is 5.60 Å². The normalized spacial score (nSPS) is 20.1. The number of aliphatic hydroxyl groups is 1. The van der Waals surface area contributed by atoms with Crippen LogP contribution in [0.4, 0.5) is 5.82 Å². The molecule has 158 valence electrons. The maximum absolute atomic E-state index is 12.5. The molecule has 0 radical (unpaired) electrons. The molecule has 7 heteroatoms. The van der Waals surface area contributed by atoms with Crippen molar-refractivity contribution in [3.05, 3.63) is 41.6 Å². The van der Waals surface area contributed by atoms with Gasteiger partial charge < -0.3 is 15.2 Å². The van der Waals surface area contributed by atoms with Crippen molar-refractivity contribution in [1.82, 2.24) is 14.7 Å². The molecule has 2 aromatic rings. The molecule has 1 aromatic carbocycles. The summed E-state index contributed by atoms with van der Waals surface area (Å²) in [6.07, 6.45) is 3.17. The van der Waals surface area contributed by atoms with Crippen molar-refractivity contribution in [2.45, 2.75) is 52.2 Å². The number of rotatable bonds is 7. The molecule has 2 heterocycles. The van der Waals surface area contributed by atoms with E-state index in [0.717, 1.165) is 24.3 Å². The van der Waals surface area contributed by atoms with Gasteiger partial charge in [0.15, 0.2) is 0 Å². The minimum absolute atomic E-state index is 0.105. The second-order valence-corrected chi connectivity index (χ2v) is 8.38. The molecule has 1 saturated heterocycles. The number of hydrogen-bond donors (Lipinski definition) is 2. The van der Waals surface area contributed by atoms with Crippen LogP contribution in [0, 0.1) is 13.8 Å². The highest BCUT2D eigenvalue weighted by Gasteiger charge is 2.35. The average Bonchev–Trinajstić information content (AvgIpc) is 3.11. The first kappa shape index (κ1) is 21.3. The lowest BCUT2D eigenvalue weighted by molar-refractivity contribution is -0.120. The Hall–Kier alpha value is -2.38. The van der Waals surface area contributed by atoms with Gasteiger partial charge in [-0.05, 0) is 70.3 Å². The lowest BCUT2D eigenvalue weighted by atomic mass is 9.93. The minimum atomic E-state index is -0.961. The summed E-state index contributed by atoms with van der Waals surface area (Å²) in [5.41, 5.74) is 1.42. The van der Waals surface area contributed by atoms with E-state index in [9.17, 15) is 9.90 Å². The average molecular weight is 401 g/mol. The molecule has 3 rings (SSSR count). The van der Waals surface area contributed by atoms with E-state index >= 15 is 0 Å². The molecule has 1 aliphatic rings. The van der Waals surface area contributed by atoms with Gasteiger partial charge in [0.2, 0.25) is 5.91 Å². The summed E-state index contributed by atoms with van der Waals surface area (Å²) in [7, 11) is 0. The van der Waals surface area contributed by atoms with Gasteiger partial charge in [0.25, 0.3) is 0 Å². The molecule has 0 spiro atoms. The van der Waals surface area contributed by atoms with Gasteiger partial charge in [-0.15, -0.1) is 0 Å². The van der Waals surface area contributed by atoms with E-state index in [4.69, 9.17) is 4.74 Å². The highest BCUT2D eigenvalue weighted by atomic mass is 16.5. The predicted molar refractivity (Wildman–Crippen MR) is 113 cm³/mol. The smallest absolute Gasteiger partial charge is 0.239 e. The van der Waals surface area contributed by atoms with Gasteiger partial charge in [-0.1, -0.05) is 6.07 Å². The van der Waals surface area contributed by atoms with Gasteiger partial charge in [0, 0.05) is 18.7 Å². The van der Waals surface area contributed by atoms with Crippen molar-refractivity contribution in [3.8, 4) is 5.75 Å². The summed E-state index contributed by atoms with van der Waals surface area (Å²) in [6.45, 7) is 9.78. The van der Waals surface area contributed by atoms with Gasteiger partial charge in [0.1, 0.15) is 23.8 Å². The summed E-state index contributed by atoms with van der Waals surface area (Å²) in [5, 5.41) is 18.2. The summed E-state index contributed by atoms with van der Waals surface area (Å²) in [5.74, 6) is 1.35. The molecule has 1 aromatic heterocycles. The van der Waals surface area contributed by atoms with Crippen LogP contribution in [0.25, 0.3) is 0 Å². The van der Waals surface area contributed by atoms with Gasteiger partial charge in [-0.2, -0.15) is 5.10 Å². The summed E-state index contributed by atoms with van der Waals surface area (Å²) in [4.78, 5) is 14.5. The number of benzene rings is 1. The van der Waals surface area contributed by atoms with Crippen LogP contribution < -0.4 is 10.1 Å². The van der Waals surface area contributed by atoms with Gasteiger partial charge in [0.05, 0.1) is 12.7 Å². The van der Waals surface area contributed by atoms with Crippen LogP contribution in [-0.4, -0.2) is 57.5 Å². The number of nitrogens with zero attached hydrogens (tertiary/aromatic N) is 3. The monoisotopic (exact) mass is 400 g/mol. The molecule has 1 amide bonds. The van der Waals surface area contributed by atoms with Crippen LogP contribution >= 0.6 is 0 Å². The summed E-state index contributed by atoms with van der Waals surface area (Å²) < 4.78 is 7.66. The number of aryl methyl sites for hydroxylation is 2. The first-order valence-electron chi connectivity index (χ1n) is 10.2. The molecular formula is C22H32N4O3. The summed E-state index contributed by atoms with van der Waals surface area (Å²) in [6, 6.07) is 7.90. The fraction of sp³-hybridized carbons (Fsp3) is 0.545. The molecule has 29 heavy (non-hydrogen) atoms. The Kier molecular flexibility index (Phi) is 6.59. The number of likely N-dealkylation sites (tertiary alicyclic amines) is 1. The van der Waals surface area contributed by atoms with Gasteiger partial charge >= 0.3 is 0 Å². The Bertz CT molecular complexity index is 848. The van der Waals surface area contributed by atoms with Crippen molar-refractivity contribution in [3.63, 3.8) is 0 Å². The zero-order valence-electron chi connectivity index (χ0n) is 17.8. The topological polar surface area (TPSA) is 79.6 Å². The highest BCUT2D eigenvalue weighted by Crippen LogP contribution is 2.24. The maximum Gasteiger partial charge on any atom is 0.239 e. The van der Waals surface area contributed by atoms with Gasteiger partial charge in [-0.3, -0.25) is 9.69 Å². The highest BCUT2D eigenvalue weighted by molar-refractivity contribution is 5.91. The number of hydrogen-bond acceptors (Lipinski definition) is 5. The molecule has 1 unspecified atom stereocenters. The largest absolute Gasteiger partial charge is 0.491 e. The number of anilines is 1. The standard InChI is InChI=1S/C22H32N4O3/c1-16(2)26-20(8-10-23-26)24-21(27)13-25-11-5-9-22(28,14-25)15-29-19-7-6-17(3)18(4)12-19/h6-8,10,12,16,28H,5,9,11,13-15H2,1-4H3,(H,24,27). The Labute approximate surface area is 172 Å². The maximum atomic E-state index is 12.5. The Morgan fingerprint density at radius 1 is 1.31 bits per heavy atom. The van der Waals surface area contributed by atoms with Crippen molar-refractivity contribution in [2.75, 3.05) is 31.6 Å². The van der Waals surface area contributed by atoms with Crippen molar-refractivity contribution in [2.24, 2.45) is 0 Å². The third-order valence-electron chi connectivity index (χ3n) is 5.41. The third-order valence-corrected chi connectivity index (χ3v) is 5.41. The number of carbonyl (C=O) groups is 1. The fourth-order valence-electron chi connectivity index (χ4n) is 3.69. The molecule has 1 fully saturated rings. The van der Waals surface area contributed by atoms with E-state index in [0.29, 0.717) is 18.8 Å². The van der Waals surface area contributed by atoms with Crippen LogP contribution in [0.15, 0.2) is 30.5 Å². The first-order valence-corrected chi connectivity index (χ1v) is 10.2. The zero-order valence-corrected chi connectivity index (χ0v) is 17.8. The number of aromatic nitrogens is 2. The molecule has 1 atom stereocenters. The Morgan fingerprint density at radius 2 is 2.10 bits per heavy atom. The van der Waals surface area contributed by atoms with E-state index in [2.05, 4.69) is 17.3 Å². The molecule has 0 aliphatic carbocycles. The molecule has 7 nitrogen and oxygen atoms in total. The van der Waals surface area contributed by atoms with Crippen LogP contribution in [0.1, 0.15) is 43.9 Å². The van der Waals surface area contributed by atoms with Crippen LogP contribution in [0.2, 0.25) is 0 Å². The Morgan fingerprint density at radius 3 is 2.83 bits per heavy atom. The molecule has 2 N–H and O–H groups in total. The fourth-order valence-corrected chi connectivity index (χ4v) is 3.69. The van der Waals surface area contributed by atoms with Crippen LogP contribution in [-0.2, 0) is 4.79 Å². The van der Waals surface area contributed by atoms with Crippen molar-refractivity contribution in [1.29, 1.82) is 0 Å². The molecule has 1 aliphatic heterocycles. The summed E-state index contributed by atoms with van der Waals surface area (Å²) >= 11 is 0. The van der Waals surface area contributed by atoms with E-state index in [1.807, 2.05) is 43.9 Å². The molecule has 0 bridgehead atoms. The van der Waals surface area contributed by atoms with E-state index in [1.54, 1.807) is 16.9 Å². The Balaban J connectivity index is 1.54. The minimum Gasteiger partial charge on any atom is -0.491 e. The predicted octanol–water partition coefficient (Wildman–Crippen LogP) is 2.93. The zero-order chi connectivity index (χ0) is 21.0. The number of piperidine rings is 1. The second kappa shape index (κ2) is 8.97. The van der Waals surface area contributed by atoms with E-state index in [1.165, 1.54) is 5.56 Å². The van der Waals surface area contributed by atoms with E-state index in [-0.39, 0.29) is 25.1 Å².